The molecule has 0 bridgehead atoms. The molecule has 0 radical (unpaired) electrons. The highest BCUT2D eigenvalue weighted by atomic mass is 127. The van der Waals surface area contributed by atoms with Gasteiger partial charge in [0, 0.05) is 11.3 Å². The van der Waals surface area contributed by atoms with E-state index in [1.54, 1.807) is 37.6 Å². The summed E-state index contributed by atoms with van der Waals surface area (Å²) >= 11 is 2.18. The number of hydrogen-bond donors (Lipinski definition) is 1. The van der Waals surface area contributed by atoms with Gasteiger partial charge in [-0.2, -0.15) is 5.10 Å². The van der Waals surface area contributed by atoms with Crippen LogP contribution < -0.4 is 14.9 Å². The molecule has 0 aliphatic carbocycles. The summed E-state index contributed by atoms with van der Waals surface area (Å²) in [6, 6.07) is 36.0. The minimum absolute atomic E-state index is 0.306. The summed E-state index contributed by atoms with van der Waals surface area (Å²) in [7, 11) is 1.58. The fourth-order valence-corrected chi connectivity index (χ4v) is 5.25. The van der Waals surface area contributed by atoms with Crippen molar-refractivity contribution in [1.29, 1.82) is 0 Å². The van der Waals surface area contributed by atoms with Crippen LogP contribution in [0.5, 0.6) is 11.5 Å². The van der Waals surface area contributed by atoms with Gasteiger partial charge < -0.3 is 14.0 Å². The molecule has 0 fully saturated rings. The van der Waals surface area contributed by atoms with Crippen LogP contribution in [0.3, 0.4) is 0 Å². The third kappa shape index (κ3) is 6.41. The van der Waals surface area contributed by atoms with Gasteiger partial charge in [-0.25, -0.2) is 5.43 Å². The molecular weight excluding hydrogens is 625 g/mol. The van der Waals surface area contributed by atoms with E-state index in [0.29, 0.717) is 23.7 Å². The van der Waals surface area contributed by atoms with E-state index in [4.69, 9.17) is 9.47 Å². The molecule has 0 atom stereocenters. The van der Waals surface area contributed by atoms with Crippen molar-refractivity contribution >= 4 is 34.7 Å². The van der Waals surface area contributed by atoms with Crippen molar-refractivity contribution < 1.29 is 14.3 Å². The van der Waals surface area contributed by atoms with Crippen LogP contribution in [0.4, 0.5) is 0 Å². The number of halogens is 1. The Hall–Kier alpha value is -4.63. The highest BCUT2D eigenvalue weighted by Crippen LogP contribution is 2.34. The highest BCUT2D eigenvalue weighted by Gasteiger charge is 2.15. The van der Waals surface area contributed by atoms with Gasteiger partial charge in [0.15, 0.2) is 11.5 Å². The molecule has 4 aromatic carbocycles. The molecule has 0 spiro atoms. The third-order valence-corrected chi connectivity index (χ3v) is 7.19. The molecule has 0 aliphatic heterocycles. The first kappa shape index (κ1) is 27.9. The predicted molar refractivity (Wildman–Crippen MR) is 173 cm³/mol. The Labute approximate surface area is 253 Å². The molecule has 1 N–H and O–H groups in total. The number of methoxy groups -OCH3 is 1. The predicted octanol–water partition coefficient (Wildman–Crippen LogP) is 7.75. The van der Waals surface area contributed by atoms with Crippen LogP contribution in [0.2, 0.25) is 0 Å². The van der Waals surface area contributed by atoms with E-state index in [2.05, 4.69) is 80.7 Å². The molecule has 6 nitrogen and oxygen atoms in total. The van der Waals surface area contributed by atoms with Crippen LogP contribution in [0.1, 0.15) is 15.9 Å². The van der Waals surface area contributed by atoms with Crippen LogP contribution in [0.15, 0.2) is 127 Å². The lowest BCUT2D eigenvalue weighted by atomic mass is 10.1. The van der Waals surface area contributed by atoms with Gasteiger partial charge in [0.25, 0.3) is 5.91 Å². The minimum Gasteiger partial charge on any atom is -0.493 e. The average Bonchev–Trinajstić information content (AvgIpc) is 3.46. The largest absolute Gasteiger partial charge is 0.493 e. The van der Waals surface area contributed by atoms with Crippen LogP contribution in [0.25, 0.3) is 28.2 Å². The van der Waals surface area contributed by atoms with Crippen LogP contribution in [-0.2, 0) is 0 Å². The zero-order valence-corrected chi connectivity index (χ0v) is 24.6. The maximum absolute atomic E-state index is 12.9. The number of rotatable bonds is 10. The number of amides is 1. The van der Waals surface area contributed by atoms with E-state index in [9.17, 15) is 4.79 Å². The first-order chi connectivity index (χ1) is 20.1. The van der Waals surface area contributed by atoms with E-state index >= 15 is 0 Å². The molecule has 1 amide bonds. The molecule has 7 heteroatoms. The van der Waals surface area contributed by atoms with Gasteiger partial charge >= 0.3 is 0 Å². The van der Waals surface area contributed by atoms with Crippen molar-refractivity contribution in [3.05, 3.63) is 137 Å². The van der Waals surface area contributed by atoms with E-state index in [-0.39, 0.29) is 5.91 Å². The summed E-state index contributed by atoms with van der Waals surface area (Å²) in [6.45, 7) is 4.06. The maximum atomic E-state index is 12.9. The van der Waals surface area contributed by atoms with Gasteiger partial charge in [-0.3, -0.25) is 4.79 Å². The van der Waals surface area contributed by atoms with E-state index < -0.39 is 0 Å². The molecule has 41 heavy (non-hydrogen) atoms. The molecule has 204 valence electrons. The van der Waals surface area contributed by atoms with Gasteiger partial charge in [0.1, 0.15) is 6.61 Å². The minimum atomic E-state index is -0.306. The zero-order chi connectivity index (χ0) is 28.6. The Morgan fingerprint density at radius 3 is 2.07 bits per heavy atom. The van der Waals surface area contributed by atoms with Crippen LogP contribution >= 0.6 is 22.6 Å². The second kappa shape index (κ2) is 13.1. The number of hydrazone groups is 1. The quantitative estimate of drug-likeness (QED) is 0.0726. The summed E-state index contributed by atoms with van der Waals surface area (Å²) in [4.78, 5) is 12.9. The van der Waals surface area contributed by atoms with E-state index in [0.717, 1.165) is 37.3 Å². The number of nitrogens with zero attached hydrogens (tertiary/aromatic N) is 2. The normalized spacial score (nSPS) is 10.9. The molecule has 1 aromatic heterocycles. The molecule has 5 rings (SSSR count). The number of ether oxygens (including phenoxy) is 2. The molecular formula is C34H28IN3O3. The lowest BCUT2D eigenvalue weighted by molar-refractivity contribution is 0.0955. The van der Waals surface area contributed by atoms with Crippen molar-refractivity contribution in [3.63, 3.8) is 0 Å². The third-order valence-electron chi connectivity index (χ3n) is 6.38. The molecule has 1 heterocycles. The number of hydrogen-bond acceptors (Lipinski definition) is 4. The summed E-state index contributed by atoms with van der Waals surface area (Å²) in [5.41, 5.74) is 9.19. The maximum Gasteiger partial charge on any atom is 0.271 e. The van der Waals surface area contributed by atoms with Crippen LogP contribution in [0, 0.1) is 3.57 Å². The lowest BCUT2D eigenvalue weighted by Gasteiger charge is -2.15. The first-order valence-corrected chi connectivity index (χ1v) is 14.0. The summed E-state index contributed by atoms with van der Waals surface area (Å²) < 4.78 is 14.2. The average molecular weight is 654 g/mol. The highest BCUT2D eigenvalue weighted by molar-refractivity contribution is 14.1. The summed E-state index contributed by atoms with van der Waals surface area (Å²) in [5.74, 6) is 0.916. The number of nitrogens with one attached hydrogen (secondary N) is 1. The fourth-order valence-electron chi connectivity index (χ4n) is 4.47. The molecule has 0 unspecified atom stereocenters. The molecule has 0 saturated carbocycles. The second-order valence-electron chi connectivity index (χ2n) is 9.05. The number of carbonyl (C=O) groups excluding carboxylic acids is 1. The van der Waals surface area contributed by atoms with Gasteiger partial charge in [-0.05, 0) is 87.8 Å². The van der Waals surface area contributed by atoms with Crippen molar-refractivity contribution in [2.75, 3.05) is 13.7 Å². The Morgan fingerprint density at radius 2 is 1.51 bits per heavy atom. The molecule has 0 saturated heterocycles. The number of aromatic nitrogens is 1. The summed E-state index contributed by atoms with van der Waals surface area (Å²) in [5, 5.41) is 4.16. The Kier molecular flexibility index (Phi) is 8.95. The number of benzene rings is 4. The lowest BCUT2D eigenvalue weighted by Crippen LogP contribution is -2.17. The second-order valence-corrected chi connectivity index (χ2v) is 10.2. The Morgan fingerprint density at radius 1 is 0.902 bits per heavy atom. The molecule has 5 aromatic rings. The first-order valence-electron chi connectivity index (χ1n) is 13.0. The van der Waals surface area contributed by atoms with Crippen molar-refractivity contribution in [2.24, 2.45) is 5.10 Å². The SMILES string of the molecule is C=CCOc1c(I)cc(/C=N\NC(=O)c2ccc(-n3c(-c4ccccc4)ccc3-c3ccccc3)cc2)cc1OC. The van der Waals surface area contributed by atoms with Gasteiger partial charge in [-0.15, -0.1) is 0 Å². The van der Waals surface area contributed by atoms with E-state index in [1.807, 2.05) is 54.6 Å². The van der Waals surface area contributed by atoms with E-state index in [1.165, 1.54) is 0 Å². The van der Waals surface area contributed by atoms with Gasteiger partial charge in [0.2, 0.25) is 0 Å². The zero-order valence-electron chi connectivity index (χ0n) is 22.5. The Bertz CT molecular complexity index is 1620. The van der Waals surface area contributed by atoms with Gasteiger partial charge in [-0.1, -0.05) is 73.3 Å². The smallest absolute Gasteiger partial charge is 0.271 e. The van der Waals surface area contributed by atoms with Crippen molar-refractivity contribution in [2.45, 2.75) is 0 Å². The monoisotopic (exact) mass is 653 g/mol. The number of carbonyl (C=O) groups is 1. The van der Waals surface area contributed by atoms with Crippen molar-refractivity contribution in [1.82, 2.24) is 9.99 Å². The topological polar surface area (TPSA) is 64.8 Å². The van der Waals surface area contributed by atoms with Crippen molar-refractivity contribution in [3.8, 4) is 39.7 Å². The summed E-state index contributed by atoms with van der Waals surface area (Å²) in [6.07, 6.45) is 3.25. The fraction of sp³-hybridized carbons (Fsp3) is 0.0588. The van der Waals surface area contributed by atoms with Gasteiger partial charge in [0.05, 0.1) is 28.3 Å². The molecule has 0 aliphatic rings. The Balaban J connectivity index is 1.36. The van der Waals surface area contributed by atoms with Crippen LogP contribution in [-0.4, -0.2) is 30.4 Å². The standard InChI is InChI=1S/C34H28IN3O3/c1-3-20-41-33-29(35)21-24(22-32(33)40-2)23-36-37-34(39)27-14-16-28(17-15-27)38-30(25-10-6-4-7-11-25)18-19-31(38)26-12-8-5-9-13-26/h3-19,21-23H,1,20H2,2H3,(H,37,39)/b36-23-.